The molecule has 0 aromatic carbocycles. The lowest BCUT2D eigenvalue weighted by molar-refractivity contribution is -0.143. The lowest BCUT2D eigenvalue weighted by Crippen LogP contribution is -2.49. The SMILES string of the molecule is CC(=O)OC[C@@H]1CCCN2CCCC[C@@H]12. The molecule has 3 nitrogen and oxygen atoms in total. The number of esters is 1. The van der Waals surface area contributed by atoms with E-state index in [1.807, 2.05) is 0 Å². The van der Waals surface area contributed by atoms with Crippen LogP contribution in [0.4, 0.5) is 0 Å². The van der Waals surface area contributed by atoms with Gasteiger partial charge in [0, 0.05) is 18.9 Å². The van der Waals surface area contributed by atoms with Crippen molar-refractivity contribution in [2.24, 2.45) is 5.92 Å². The molecule has 0 bridgehead atoms. The van der Waals surface area contributed by atoms with Gasteiger partial charge < -0.3 is 4.74 Å². The molecule has 0 unspecified atom stereocenters. The van der Waals surface area contributed by atoms with Crippen LogP contribution in [0.5, 0.6) is 0 Å². The monoisotopic (exact) mass is 211 g/mol. The summed E-state index contributed by atoms with van der Waals surface area (Å²) in [5.41, 5.74) is 0. The van der Waals surface area contributed by atoms with Crippen molar-refractivity contribution in [2.75, 3.05) is 19.7 Å². The molecule has 0 amide bonds. The molecule has 0 spiro atoms. The van der Waals surface area contributed by atoms with Crippen LogP contribution >= 0.6 is 0 Å². The van der Waals surface area contributed by atoms with Crippen molar-refractivity contribution in [3.8, 4) is 0 Å². The first-order valence-electron chi connectivity index (χ1n) is 6.15. The summed E-state index contributed by atoms with van der Waals surface area (Å²) in [6.45, 7) is 4.64. The fraction of sp³-hybridized carbons (Fsp3) is 0.917. The lowest BCUT2D eigenvalue weighted by atomic mass is 9.84. The third-order valence-corrected chi connectivity index (χ3v) is 3.73. The van der Waals surface area contributed by atoms with Crippen molar-refractivity contribution < 1.29 is 9.53 Å². The molecule has 2 atom stereocenters. The van der Waals surface area contributed by atoms with Crippen molar-refractivity contribution in [1.29, 1.82) is 0 Å². The van der Waals surface area contributed by atoms with Gasteiger partial charge in [-0.05, 0) is 38.8 Å². The highest BCUT2D eigenvalue weighted by molar-refractivity contribution is 5.65. The minimum atomic E-state index is -0.136. The average molecular weight is 211 g/mol. The maximum atomic E-state index is 10.8. The standard InChI is InChI=1S/C12H21NO2/c1-10(14)15-9-11-5-4-8-13-7-3-2-6-12(11)13/h11-12H,2-9H2,1H3/t11-,12-/m0/s1. The van der Waals surface area contributed by atoms with Gasteiger partial charge in [0.15, 0.2) is 0 Å². The van der Waals surface area contributed by atoms with Crippen LogP contribution in [-0.2, 0) is 9.53 Å². The number of carbonyl (C=O) groups excluding carboxylic acids is 1. The van der Waals surface area contributed by atoms with Gasteiger partial charge in [-0.25, -0.2) is 0 Å². The van der Waals surface area contributed by atoms with Crippen LogP contribution in [0.3, 0.4) is 0 Å². The van der Waals surface area contributed by atoms with Gasteiger partial charge >= 0.3 is 5.97 Å². The lowest BCUT2D eigenvalue weighted by Gasteiger charge is -2.44. The zero-order valence-electron chi connectivity index (χ0n) is 9.58. The van der Waals surface area contributed by atoms with Crippen LogP contribution in [0.25, 0.3) is 0 Å². The van der Waals surface area contributed by atoms with Gasteiger partial charge in [0.2, 0.25) is 0 Å². The van der Waals surface area contributed by atoms with E-state index in [-0.39, 0.29) is 5.97 Å². The topological polar surface area (TPSA) is 29.5 Å². The van der Waals surface area contributed by atoms with Gasteiger partial charge in [0.1, 0.15) is 0 Å². The van der Waals surface area contributed by atoms with Crippen molar-refractivity contribution in [3.63, 3.8) is 0 Å². The summed E-state index contributed by atoms with van der Waals surface area (Å²) in [5, 5.41) is 0. The molecule has 2 fully saturated rings. The molecule has 0 radical (unpaired) electrons. The first-order chi connectivity index (χ1) is 7.27. The van der Waals surface area contributed by atoms with Crippen LogP contribution in [0.15, 0.2) is 0 Å². The van der Waals surface area contributed by atoms with E-state index in [9.17, 15) is 4.79 Å². The Morgan fingerprint density at radius 2 is 2.07 bits per heavy atom. The molecule has 3 heteroatoms. The number of fused-ring (bicyclic) bond motifs is 1. The Labute approximate surface area is 91.8 Å². The Bertz CT molecular complexity index is 228. The highest BCUT2D eigenvalue weighted by atomic mass is 16.5. The Balaban J connectivity index is 1.88. The molecular weight excluding hydrogens is 190 g/mol. The van der Waals surface area contributed by atoms with Gasteiger partial charge in [-0.1, -0.05) is 6.42 Å². The molecule has 0 aromatic rings. The van der Waals surface area contributed by atoms with Crippen molar-refractivity contribution >= 4 is 5.97 Å². The molecule has 0 aliphatic carbocycles. The molecule has 0 N–H and O–H groups in total. The van der Waals surface area contributed by atoms with Gasteiger partial charge in [-0.3, -0.25) is 9.69 Å². The highest BCUT2D eigenvalue weighted by Gasteiger charge is 2.33. The normalized spacial score (nSPS) is 32.1. The average Bonchev–Trinajstić information content (AvgIpc) is 2.26. The second-order valence-corrected chi connectivity index (χ2v) is 4.80. The first-order valence-corrected chi connectivity index (χ1v) is 6.15. The minimum Gasteiger partial charge on any atom is -0.466 e. The zero-order valence-corrected chi connectivity index (χ0v) is 9.58. The second-order valence-electron chi connectivity index (χ2n) is 4.80. The third-order valence-electron chi connectivity index (χ3n) is 3.73. The highest BCUT2D eigenvalue weighted by Crippen LogP contribution is 2.30. The van der Waals surface area contributed by atoms with Gasteiger partial charge in [-0.15, -0.1) is 0 Å². The second kappa shape index (κ2) is 4.97. The summed E-state index contributed by atoms with van der Waals surface area (Å²) in [4.78, 5) is 13.4. The summed E-state index contributed by atoms with van der Waals surface area (Å²) in [6.07, 6.45) is 6.48. The molecule has 15 heavy (non-hydrogen) atoms. The van der Waals surface area contributed by atoms with E-state index in [0.29, 0.717) is 18.6 Å². The maximum absolute atomic E-state index is 10.8. The number of nitrogens with zero attached hydrogens (tertiary/aromatic N) is 1. The number of ether oxygens (including phenoxy) is 1. The summed E-state index contributed by atoms with van der Waals surface area (Å²) < 4.78 is 5.16. The Hall–Kier alpha value is -0.570. The summed E-state index contributed by atoms with van der Waals surface area (Å²) in [5.74, 6) is 0.450. The van der Waals surface area contributed by atoms with E-state index in [1.165, 1.54) is 52.1 Å². The first kappa shape index (κ1) is 10.9. The van der Waals surface area contributed by atoms with Gasteiger partial charge in [-0.2, -0.15) is 0 Å². The Morgan fingerprint density at radius 1 is 1.27 bits per heavy atom. The zero-order chi connectivity index (χ0) is 10.7. The number of carbonyl (C=O) groups is 1. The molecule has 2 aliphatic rings. The predicted molar refractivity (Wildman–Crippen MR) is 58.6 cm³/mol. The number of hydrogen-bond acceptors (Lipinski definition) is 3. The number of rotatable bonds is 2. The largest absolute Gasteiger partial charge is 0.466 e. The fourth-order valence-electron chi connectivity index (χ4n) is 3.00. The minimum absolute atomic E-state index is 0.136. The molecule has 0 saturated carbocycles. The van der Waals surface area contributed by atoms with Gasteiger partial charge in [0.25, 0.3) is 0 Å². The third kappa shape index (κ3) is 2.71. The van der Waals surface area contributed by atoms with E-state index in [0.717, 1.165) is 0 Å². The molecule has 2 heterocycles. The predicted octanol–water partition coefficient (Wildman–Crippen LogP) is 1.81. The number of piperidine rings is 2. The molecule has 0 aromatic heterocycles. The van der Waals surface area contributed by atoms with E-state index >= 15 is 0 Å². The van der Waals surface area contributed by atoms with Crippen LogP contribution in [0.2, 0.25) is 0 Å². The molecule has 2 rings (SSSR count). The van der Waals surface area contributed by atoms with Crippen LogP contribution < -0.4 is 0 Å². The van der Waals surface area contributed by atoms with E-state index in [4.69, 9.17) is 4.74 Å². The van der Waals surface area contributed by atoms with E-state index < -0.39 is 0 Å². The van der Waals surface area contributed by atoms with E-state index in [1.54, 1.807) is 0 Å². The molecule has 2 saturated heterocycles. The molecule has 2 aliphatic heterocycles. The van der Waals surface area contributed by atoms with Gasteiger partial charge in [0.05, 0.1) is 6.61 Å². The Morgan fingerprint density at radius 3 is 2.87 bits per heavy atom. The van der Waals surface area contributed by atoms with E-state index in [2.05, 4.69) is 4.90 Å². The Kier molecular flexibility index (Phi) is 3.62. The van der Waals surface area contributed by atoms with Crippen molar-refractivity contribution in [2.45, 2.75) is 45.1 Å². The summed E-state index contributed by atoms with van der Waals surface area (Å²) in [6, 6.07) is 0.687. The van der Waals surface area contributed by atoms with Crippen LogP contribution in [0, 0.1) is 5.92 Å². The van der Waals surface area contributed by atoms with Crippen molar-refractivity contribution in [1.82, 2.24) is 4.90 Å². The van der Waals surface area contributed by atoms with Crippen LogP contribution in [0.1, 0.15) is 39.0 Å². The van der Waals surface area contributed by atoms with Crippen LogP contribution in [-0.4, -0.2) is 36.6 Å². The molecular formula is C12H21NO2. The molecule has 86 valence electrons. The maximum Gasteiger partial charge on any atom is 0.302 e. The van der Waals surface area contributed by atoms with Crippen molar-refractivity contribution in [3.05, 3.63) is 0 Å². The summed E-state index contributed by atoms with van der Waals surface area (Å²) >= 11 is 0. The summed E-state index contributed by atoms with van der Waals surface area (Å²) in [7, 11) is 0. The quantitative estimate of drug-likeness (QED) is 0.652. The smallest absolute Gasteiger partial charge is 0.302 e. The fourth-order valence-corrected chi connectivity index (χ4v) is 3.00. The number of hydrogen-bond donors (Lipinski definition) is 0.